The fraction of sp³-hybridized carbons (Fsp3) is 0.333. The van der Waals surface area contributed by atoms with Gasteiger partial charge in [-0.05, 0) is 57.4 Å². The van der Waals surface area contributed by atoms with Crippen LogP contribution in [-0.2, 0) is 20.9 Å². The number of anilines is 1. The molecule has 152 valence electrons. The fourth-order valence-corrected chi connectivity index (χ4v) is 3.90. The number of amides is 1. The molecule has 3 rings (SSSR count). The summed E-state index contributed by atoms with van der Waals surface area (Å²) in [4.78, 5) is 43.3. The first-order valence-electron chi connectivity index (χ1n) is 9.20. The van der Waals surface area contributed by atoms with Crippen LogP contribution in [0.2, 0.25) is 0 Å². The Morgan fingerprint density at radius 2 is 1.97 bits per heavy atom. The van der Waals surface area contributed by atoms with Crippen LogP contribution in [-0.4, -0.2) is 27.5 Å². The highest BCUT2D eigenvalue weighted by Crippen LogP contribution is 2.25. The molecule has 1 atom stereocenters. The molecule has 0 saturated carbocycles. The maximum atomic E-state index is 12.7. The molecule has 0 aliphatic rings. The summed E-state index contributed by atoms with van der Waals surface area (Å²) in [6.45, 7) is 8.79. The predicted octanol–water partition coefficient (Wildman–Crippen LogP) is 3.26. The van der Waals surface area contributed by atoms with Crippen LogP contribution >= 0.6 is 11.3 Å². The second kappa shape index (κ2) is 8.16. The molecule has 29 heavy (non-hydrogen) atoms. The molecular weight excluding hydrogens is 390 g/mol. The van der Waals surface area contributed by atoms with Crippen LogP contribution < -0.4 is 10.9 Å². The molecule has 3 aromatic rings. The summed E-state index contributed by atoms with van der Waals surface area (Å²) in [7, 11) is 0. The third kappa shape index (κ3) is 4.37. The lowest BCUT2D eigenvalue weighted by Crippen LogP contribution is -2.33. The van der Waals surface area contributed by atoms with Gasteiger partial charge in [0, 0.05) is 10.6 Å². The Morgan fingerprint density at radius 3 is 2.69 bits per heavy atom. The van der Waals surface area contributed by atoms with Crippen LogP contribution in [0.5, 0.6) is 0 Å². The van der Waals surface area contributed by atoms with E-state index < -0.39 is 18.0 Å². The number of benzene rings is 1. The third-order valence-electron chi connectivity index (χ3n) is 4.78. The Kier molecular flexibility index (Phi) is 5.83. The van der Waals surface area contributed by atoms with E-state index in [1.807, 2.05) is 45.9 Å². The Morgan fingerprint density at radius 1 is 1.24 bits per heavy atom. The first-order valence-corrected chi connectivity index (χ1v) is 10.0. The van der Waals surface area contributed by atoms with Crippen molar-refractivity contribution in [3.8, 4) is 0 Å². The van der Waals surface area contributed by atoms with Gasteiger partial charge in [0.15, 0.2) is 6.10 Å². The number of esters is 1. The number of rotatable bonds is 5. The quantitative estimate of drug-likeness (QED) is 0.649. The monoisotopic (exact) mass is 413 g/mol. The van der Waals surface area contributed by atoms with Crippen molar-refractivity contribution < 1.29 is 14.3 Å². The van der Waals surface area contributed by atoms with Gasteiger partial charge in [0.05, 0.1) is 11.7 Å². The van der Waals surface area contributed by atoms with Crippen molar-refractivity contribution in [2.24, 2.45) is 0 Å². The first-order chi connectivity index (χ1) is 13.7. The molecule has 0 spiro atoms. The van der Waals surface area contributed by atoms with Gasteiger partial charge >= 0.3 is 5.97 Å². The van der Waals surface area contributed by atoms with E-state index in [-0.39, 0.29) is 12.1 Å². The molecule has 0 saturated heterocycles. The highest BCUT2D eigenvalue weighted by molar-refractivity contribution is 7.18. The molecular formula is C21H23N3O4S. The largest absolute Gasteiger partial charge is 0.451 e. The van der Waals surface area contributed by atoms with Crippen LogP contribution in [0.1, 0.15) is 28.5 Å². The van der Waals surface area contributed by atoms with Gasteiger partial charge in [-0.2, -0.15) is 0 Å². The number of carbonyl (C=O) groups is 2. The summed E-state index contributed by atoms with van der Waals surface area (Å²) in [6.07, 6.45) is 0.335. The van der Waals surface area contributed by atoms with E-state index in [0.717, 1.165) is 21.6 Å². The maximum Gasteiger partial charge on any atom is 0.326 e. The van der Waals surface area contributed by atoms with E-state index in [9.17, 15) is 14.4 Å². The van der Waals surface area contributed by atoms with E-state index >= 15 is 0 Å². The molecule has 7 nitrogen and oxygen atoms in total. The smallest absolute Gasteiger partial charge is 0.326 e. The number of hydrogen-bond acceptors (Lipinski definition) is 6. The molecule has 0 aliphatic heterocycles. The van der Waals surface area contributed by atoms with Gasteiger partial charge in [0.2, 0.25) is 0 Å². The molecule has 0 fully saturated rings. The summed E-state index contributed by atoms with van der Waals surface area (Å²) in [5.41, 5.74) is 3.17. The summed E-state index contributed by atoms with van der Waals surface area (Å²) in [5, 5.41) is 3.29. The number of ether oxygens (including phenoxy) is 1. The van der Waals surface area contributed by atoms with E-state index in [0.29, 0.717) is 15.9 Å². The molecule has 0 radical (unpaired) electrons. The number of aryl methyl sites for hydroxylation is 4. The maximum absolute atomic E-state index is 12.7. The highest BCUT2D eigenvalue weighted by Gasteiger charge is 2.20. The minimum atomic E-state index is -1.00. The highest BCUT2D eigenvalue weighted by atomic mass is 32.1. The molecule has 1 N–H and O–H groups in total. The molecule has 0 bridgehead atoms. The lowest BCUT2D eigenvalue weighted by Gasteiger charge is -2.15. The molecule has 2 aromatic heterocycles. The van der Waals surface area contributed by atoms with Gasteiger partial charge < -0.3 is 10.1 Å². The number of thiophene rings is 1. The summed E-state index contributed by atoms with van der Waals surface area (Å²) >= 11 is 1.44. The Labute approximate surface area is 172 Å². The standard InChI is InChI=1S/C21H23N3O4S/c1-11-6-7-12(2)16(8-11)23-19(26)14(4)28-17(25)9-24-10-22-20-18(21(24)27)13(3)15(5)29-20/h6-8,10,14H,9H2,1-5H3,(H,23,26)/t14-/m0/s1. The van der Waals surface area contributed by atoms with Gasteiger partial charge in [-0.25, -0.2) is 4.98 Å². The Hall–Kier alpha value is -3.00. The average Bonchev–Trinajstić information content (AvgIpc) is 2.95. The van der Waals surface area contributed by atoms with E-state index in [1.165, 1.54) is 29.2 Å². The van der Waals surface area contributed by atoms with Crippen molar-refractivity contribution >= 4 is 39.1 Å². The van der Waals surface area contributed by atoms with Crippen molar-refractivity contribution in [1.29, 1.82) is 0 Å². The SMILES string of the molecule is Cc1ccc(C)c(NC(=O)[C@H](C)OC(=O)Cn2cnc3sc(C)c(C)c3c2=O)c1. The zero-order valence-corrected chi connectivity index (χ0v) is 17.8. The number of hydrogen-bond donors (Lipinski definition) is 1. The number of carbonyl (C=O) groups excluding carboxylic acids is 2. The fourth-order valence-electron chi connectivity index (χ4n) is 2.91. The second-order valence-corrected chi connectivity index (χ2v) is 8.28. The number of aromatic nitrogens is 2. The topological polar surface area (TPSA) is 90.3 Å². The summed E-state index contributed by atoms with van der Waals surface area (Å²) in [5.74, 6) is -1.11. The minimum Gasteiger partial charge on any atom is -0.451 e. The molecule has 0 aliphatic carbocycles. The minimum absolute atomic E-state index is 0.290. The molecule has 1 aromatic carbocycles. The zero-order valence-electron chi connectivity index (χ0n) is 17.0. The predicted molar refractivity (Wildman–Crippen MR) is 113 cm³/mol. The van der Waals surface area contributed by atoms with Gasteiger partial charge in [0.25, 0.3) is 11.5 Å². The van der Waals surface area contributed by atoms with Crippen LogP contribution in [0, 0.1) is 27.7 Å². The lowest BCUT2D eigenvalue weighted by molar-refractivity contribution is -0.153. The van der Waals surface area contributed by atoms with Crippen molar-refractivity contribution in [3.05, 3.63) is 56.4 Å². The summed E-state index contributed by atoms with van der Waals surface area (Å²) in [6, 6.07) is 5.71. The van der Waals surface area contributed by atoms with Crippen molar-refractivity contribution in [2.75, 3.05) is 5.32 Å². The van der Waals surface area contributed by atoms with Crippen LogP contribution in [0.3, 0.4) is 0 Å². The molecule has 0 unspecified atom stereocenters. The van der Waals surface area contributed by atoms with Crippen LogP contribution in [0.15, 0.2) is 29.3 Å². The van der Waals surface area contributed by atoms with Crippen molar-refractivity contribution in [1.82, 2.24) is 9.55 Å². The number of nitrogens with zero attached hydrogens (tertiary/aromatic N) is 2. The molecule has 2 heterocycles. The second-order valence-electron chi connectivity index (χ2n) is 7.08. The normalized spacial score (nSPS) is 12.0. The van der Waals surface area contributed by atoms with E-state index in [1.54, 1.807) is 0 Å². The van der Waals surface area contributed by atoms with Crippen molar-refractivity contribution in [2.45, 2.75) is 47.3 Å². The Bertz CT molecular complexity index is 1160. The number of fused-ring (bicyclic) bond motifs is 1. The van der Waals surface area contributed by atoms with Crippen LogP contribution in [0.25, 0.3) is 10.2 Å². The van der Waals surface area contributed by atoms with E-state index in [2.05, 4.69) is 10.3 Å². The van der Waals surface area contributed by atoms with Crippen molar-refractivity contribution in [3.63, 3.8) is 0 Å². The van der Waals surface area contributed by atoms with Gasteiger partial charge in [0.1, 0.15) is 11.4 Å². The molecule has 1 amide bonds. The van der Waals surface area contributed by atoms with E-state index in [4.69, 9.17) is 4.74 Å². The Balaban J connectivity index is 1.69. The van der Waals surface area contributed by atoms with Gasteiger partial charge in [-0.15, -0.1) is 11.3 Å². The zero-order chi connectivity index (χ0) is 21.3. The summed E-state index contributed by atoms with van der Waals surface area (Å²) < 4.78 is 6.43. The lowest BCUT2D eigenvalue weighted by atomic mass is 10.1. The van der Waals surface area contributed by atoms with Crippen LogP contribution in [0.4, 0.5) is 5.69 Å². The number of nitrogens with one attached hydrogen (secondary N) is 1. The molecule has 8 heteroatoms. The first kappa shape index (κ1) is 20.7. The average molecular weight is 413 g/mol. The van der Waals surface area contributed by atoms with Gasteiger partial charge in [-0.1, -0.05) is 12.1 Å². The third-order valence-corrected chi connectivity index (χ3v) is 5.90. The van der Waals surface area contributed by atoms with Gasteiger partial charge in [-0.3, -0.25) is 19.0 Å².